The fraction of sp³-hybridized carbons (Fsp3) is 1.00. The third-order valence-corrected chi connectivity index (χ3v) is 0. The second-order valence-electron chi connectivity index (χ2n) is 0.994. The van der Waals surface area contributed by atoms with Gasteiger partial charge in [0.25, 0.3) is 10.1 Å². The van der Waals surface area contributed by atoms with Gasteiger partial charge < -0.3 is 13.7 Å². The summed E-state index contributed by atoms with van der Waals surface area (Å²) in [4.78, 5) is 0. The number of halogens is 2. The Morgan fingerprint density at radius 1 is 1.50 bits per heavy atom. The topological polar surface area (TPSA) is 77.4 Å². The van der Waals surface area contributed by atoms with Crippen molar-refractivity contribution in [3.05, 3.63) is 0 Å². The number of hydrogen-bond donors (Lipinski definition) is 1. The van der Waals surface area contributed by atoms with Gasteiger partial charge in [-0.3, -0.25) is 4.55 Å². The van der Waals surface area contributed by atoms with E-state index in [0.717, 1.165) is 0 Å². The number of rotatable bonds is 0. The van der Waals surface area contributed by atoms with Crippen molar-refractivity contribution in [1.29, 1.82) is 0 Å². The van der Waals surface area contributed by atoms with E-state index in [9.17, 15) is 17.0 Å². The Morgan fingerprint density at radius 3 is 1.50 bits per heavy atom. The van der Waals surface area contributed by atoms with Crippen LogP contribution in [0.2, 0.25) is 0 Å². The molecule has 9 heteroatoms. The van der Waals surface area contributed by atoms with E-state index in [1.807, 2.05) is 0 Å². The molecule has 0 fully saturated rings. The molecule has 0 saturated heterocycles. The SMILES string of the molecule is CS(=O)(=O)O.[Li+].[O-]B(F)F. The fourth-order valence-electron chi connectivity index (χ4n) is 0. The van der Waals surface area contributed by atoms with Gasteiger partial charge in [-0.05, 0) is 0 Å². The van der Waals surface area contributed by atoms with Gasteiger partial charge in [-0.15, -0.1) is 0 Å². The summed E-state index contributed by atoms with van der Waals surface area (Å²) in [5.41, 5.74) is 0. The molecule has 0 saturated carbocycles. The van der Waals surface area contributed by atoms with Gasteiger partial charge in [0.2, 0.25) is 0 Å². The fourth-order valence-corrected chi connectivity index (χ4v) is 0. The van der Waals surface area contributed by atoms with Gasteiger partial charge in [0, 0.05) is 0 Å². The van der Waals surface area contributed by atoms with Gasteiger partial charge in [0.05, 0.1) is 6.26 Å². The van der Waals surface area contributed by atoms with Crippen LogP contribution in [-0.2, 0) is 10.1 Å². The summed E-state index contributed by atoms with van der Waals surface area (Å²) in [5, 5.41) is 8.19. The van der Waals surface area contributed by atoms with Crippen LogP contribution in [0.15, 0.2) is 0 Å². The van der Waals surface area contributed by atoms with E-state index in [1.54, 1.807) is 0 Å². The first-order valence-corrected chi connectivity index (χ1v) is 3.44. The van der Waals surface area contributed by atoms with Gasteiger partial charge in [0.15, 0.2) is 0 Å². The Labute approximate surface area is 69.8 Å². The Morgan fingerprint density at radius 2 is 1.50 bits per heavy atom. The van der Waals surface area contributed by atoms with Crippen molar-refractivity contribution in [3.63, 3.8) is 0 Å². The molecule has 0 spiro atoms. The second-order valence-corrected chi connectivity index (χ2v) is 2.46. The molecule has 0 aromatic rings. The Kier molecular flexibility index (Phi) is 12.6. The average Bonchev–Trinajstić information content (AvgIpc) is 1.19. The summed E-state index contributed by atoms with van der Waals surface area (Å²) in [6, 6.07) is 0. The first-order valence-electron chi connectivity index (χ1n) is 1.60. The summed E-state index contributed by atoms with van der Waals surface area (Å²) < 4.78 is 45.4. The zero-order valence-corrected chi connectivity index (χ0v) is 6.23. The van der Waals surface area contributed by atoms with E-state index in [-0.39, 0.29) is 18.9 Å². The summed E-state index contributed by atoms with van der Waals surface area (Å²) in [6.45, 7) is 0. The normalized spacial score (nSPS) is 8.50. The molecule has 0 unspecified atom stereocenters. The Balaban J connectivity index is -0.0000000910. The van der Waals surface area contributed by atoms with Gasteiger partial charge in [-0.1, -0.05) is 0 Å². The molecule has 1 N–H and O–H groups in total. The molecule has 0 amide bonds. The standard InChI is InChI=1S/CH4O3S.BF2O.Li/c1-5(2,3)4;2-1(3)4;/h1H3,(H,2,3,4);;/q;-1;+1. The zero-order valence-electron chi connectivity index (χ0n) is 5.41. The van der Waals surface area contributed by atoms with E-state index in [0.29, 0.717) is 6.26 Å². The largest absolute Gasteiger partial charge is 1.00 e. The minimum Gasteiger partial charge on any atom is -0.824 e. The van der Waals surface area contributed by atoms with Crippen molar-refractivity contribution in [2.75, 3.05) is 6.26 Å². The molecule has 56 valence electrons. The molecular formula is CH4BF2LiO4S. The monoisotopic (exact) mass is 168 g/mol. The van der Waals surface area contributed by atoms with Gasteiger partial charge in [0.1, 0.15) is 0 Å². The van der Waals surface area contributed by atoms with Crippen molar-refractivity contribution >= 4 is 17.6 Å². The third kappa shape index (κ3) is 2980. The van der Waals surface area contributed by atoms with Crippen LogP contribution < -0.4 is 23.9 Å². The molecule has 0 rings (SSSR count). The van der Waals surface area contributed by atoms with Gasteiger partial charge in [-0.2, -0.15) is 8.42 Å². The molecule has 0 atom stereocenters. The third-order valence-electron chi connectivity index (χ3n) is 0. The molecule has 4 nitrogen and oxygen atoms in total. The molecule has 0 aromatic carbocycles. The van der Waals surface area contributed by atoms with Gasteiger partial charge >= 0.3 is 26.3 Å². The predicted octanol–water partition coefficient (Wildman–Crippen LogP) is -4.22. The van der Waals surface area contributed by atoms with E-state index < -0.39 is 17.6 Å². The Bertz CT molecular complexity index is 135. The van der Waals surface area contributed by atoms with Crippen LogP contribution in [0.25, 0.3) is 0 Å². The van der Waals surface area contributed by atoms with Crippen molar-refractivity contribution in [2.45, 2.75) is 0 Å². The maximum absolute atomic E-state index is 9.78. The van der Waals surface area contributed by atoms with Crippen LogP contribution in [0.1, 0.15) is 0 Å². The summed E-state index contributed by atoms with van der Waals surface area (Å²) in [6.07, 6.45) is 0.715. The quantitative estimate of drug-likeness (QED) is 0.293. The molecule has 0 bridgehead atoms. The van der Waals surface area contributed by atoms with E-state index in [4.69, 9.17) is 9.58 Å². The molecule has 0 aliphatic rings. The van der Waals surface area contributed by atoms with Gasteiger partial charge in [-0.25, -0.2) is 0 Å². The van der Waals surface area contributed by atoms with Crippen LogP contribution in [0, 0.1) is 0 Å². The maximum atomic E-state index is 9.78. The molecule has 0 heterocycles. The minimum absolute atomic E-state index is 0. The van der Waals surface area contributed by atoms with Crippen LogP contribution in [0.5, 0.6) is 0 Å². The first kappa shape index (κ1) is 16.8. The van der Waals surface area contributed by atoms with E-state index in [1.165, 1.54) is 0 Å². The van der Waals surface area contributed by atoms with Crippen LogP contribution in [0.3, 0.4) is 0 Å². The second kappa shape index (κ2) is 7.50. The van der Waals surface area contributed by atoms with Crippen LogP contribution in [-0.4, -0.2) is 26.7 Å². The van der Waals surface area contributed by atoms with Crippen molar-refractivity contribution in [1.82, 2.24) is 0 Å². The van der Waals surface area contributed by atoms with Crippen LogP contribution in [0.4, 0.5) is 8.63 Å². The minimum atomic E-state index is -3.67. The molecule has 0 radical (unpaired) electrons. The first-order chi connectivity index (χ1) is 3.73. The van der Waals surface area contributed by atoms with E-state index >= 15 is 0 Å². The average molecular weight is 168 g/mol. The smallest absolute Gasteiger partial charge is 0.824 e. The van der Waals surface area contributed by atoms with Crippen molar-refractivity contribution < 1.29 is 45.5 Å². The summed E-state index contributed by atoms with van der Waals surface area (Å²) in [5.74, 6) is 0. The Hall–Kier alpha value is 0.392. The summed E-state index contributed by atoms with van der Waals surface area (Å²) >= 11 is 0. The molecule has 0 aliphatic carbocycles. The number of hydrogen-bond acceptors (Lipinski definition) is 3. The molecule has 0 aromatic heterocycles. The summed E-state index contributed by atoms with van der Waals surface area (Å²) in [7, 11) is -7.08. The van der Waals surface area contributed by atoms with Crippen LogP contribution >= 0.6 is 0 Å². The van der Waals surface area contributed by atoms with Crippen molar-refractivity contribution in [2.24, 2.45) is 0 Å². The van der Waals surface area contributed by atoms with E-state index in [2.05, 4.69) is 0 Å². The van der Waals surface area contributed by atoms with Crippen molar-refractivity contribution in [3.8, 4) is 0 Å². The predicted molar refractivity (Wildman–Crippen MR) is 25.4 cm³/mol. The maximum Gasteiger partial charge on any atom is 1.00 e. The molecule has 10 heavy (non-hydrogen) atoms. The molecule has 0 aliphatic heterocycles. The zero-order chi connectivity index (χ0) is 8.08. The molecular weight excluding hydrogens is 164 g/mol.